The van der Waals surface area contributed by atoms with Crippen molar-refractivity contribution in [2.24, 2.45) is 11.1 Å². The molecule has 6 nitrogen and oxygen atoms in total. The fraction of sp³-hybridized carbons (Fsp3) is 0.947. The van der Waals surface area contributed by atoms with Gasteiger partial charge in [-0.05, 0) is 26.4 Å². The van der Waals surface area contributed by atoms with Crippen LogP contribution >= 0.6 is 24.8 Å². The van der Waals surface area contributed by atoms with Gasteiger partial charge < -0.3 is 25.0 Å². The molecule has 3 atom stereocenters. The van der Waals surface area contributed by atoms with Crippen LogP contribution in [0.15, 0.2) is 0 Å². The minimum Gasteiger partial charge on any atom is -0.378 e. The van der Waals surface area contributed by atoms with E-state index in [1.54, 1.807) is 0 Å². The van der Waals surface area contributed by atoms with Crippen molar-refractivity contribution in [1.29, 1.82) is 0 Å². The third-order valence-electron chi connectivity index (χ3n) is 6.30. The highest BCUT2D eigenvalue weighted by molar-refractivity contribution is 5.89. The second kappa shape index (κ2) is 11.2. The van der Waals surface area contributed by atoms with Crippen LogP contribution < -0.4 is 5.73 Å². The van der Waals surface area contributed by atoms with E-state index in [-0.39, 0.29) is 48.3 Å². The van der Waals surface area contributed by atoms with Crippen molar-refractivity contribution in [3.8, 4) is 0 Å². The van der Waals surface area contributed by atoms with Gasteiger partial charge in [0.05, 0.1) is 18.8 Å². The average Bonchev–Trinajstić information content (AvgIpc) is 3.06. The van der Waals surface area contributed by atoms with E-state index in [1.807, 2.05) is 25.7 Å². The molecule has 0 aromatic rings. The second-order valence-electron chi connectivity index (χ2n) is 7.90. The van der Waals surface area contributed by atoms with Crippen molar-refractivity contribution < 1.29 is 14.3 Å². The summed E-state index contributed by atoms with van der Waals surface area (Å²) in [6.45, 7) is 16.2. The first-order chi connectivity index (χ1) is 11.8. The van der Waals surface area contributed by atoms with Gasteiger partial charge in [-0.15, -0.1) is 24.8 Å². The Morgan fingerprint density at radius 1 is 1.19 bits per heavy atom. The summed E-state index contributed by atoms with van der Waals surface area (Å²) < 4.78 is 11.7. The van der Waals surface area contributed by atoms with Gasteiger partial charge in [0.25, 0.3) is 0 Å². The lowest BCUT2D eigenvalue weighted by Crippen LogP contribution is -2.75. The highest BCUT2D eigenvalue weighted by Crippen LogP contribution is 2.50. The van der Waals surface area contributed by atoms with E-state index >= 15 is 0 Å². The van der Waals surface area contributed by atoms with Gasteiger partial charge in [0, 0.05) is 38.1 Å². The molecule has 2 rings (SSSR count). The van der Waals surface area contributed by atoms with Crippen molar-refractivity contribution in [2.75, 3.05) is 45.9 Å². The predicted molar refractivity (Wildman–Crippen MR) is 114 cm³/mol. The molecule has 1 aliphatic carbocycles. The Morgan fingerprint density at radius 2 is 1.81 bits per heavy atom. The van der Waals surface area contributed by atoms with E-state index in [1.165, 1.54) is 0 Å². The smallest absolute Gasteiger partial charge is 0.243 e. The van der Waals surface area contributed by atoms with E-state index in [9.17, 15) is 4.79 Å². The predicted octanol–water partition coefficient (Wildman–Crippen LogP) is 2.32. The summed E-state index contributed by atoms with van der Waals surface area (Å²) >= 11 is 0. The zero-order valence-corrected chi connectivity index (χ0v) is 19.2. The first-order valence-corrected chi connectivity index (χ1v) is 9.83. The number of amides is 1. The number of halogens is 2. The van der Waals surface area contributed by atoms with Gasteiger partial charge in [-0.2, -0.15) is 0 Å². The average molecular weight is 428 g/mol. The summed E-state index contributed by atoms with van der Waals surface area (Å²) in [5, 5.41) is 0. The maximum atomic E-state index is 13.0. The van der Waals surface area contributed by atoms with Gasteiger partial charge in [-0.1, -0.05) is 27.7 Å². The molecular weight excluding hydrogens is 389 g/mol. The van der Waals surface area contributed by atoms with Crippen molar-refractivity contribution in [1.82, 2.24) is 9.80 Å². The normalized spacial score (nSPS) is 29.1. The van der Waals surface area contributed by atoms with Crippen molar-refractivity contribution in [2.45, 2.75) is 65.2 Å². The summed E-state index contributed by atoms with van der Waals surface area (Å²) in [6.07, 6.45) is 1.70. The molecule has 0 aromatic heterocycles. The van der Waals surface area contributed by atoms with Gasteiger partial charge in [0.15, 0.2) is 0 Å². The molecule has 1 amide bonds. The van der Waals surface area contributed by atoms with Crippen LogP contribution in [0.1, 0.15) is 47.5 Å². The SMILES string of the molecule is CCOC1CC(N)(C(=O)N2CCC(OCCN(CC)CC)C2)C1(C)C.Cl.Cl. The maximum Gasteiger partial charge on any atom is 0.243 e. The first-order valence-electron chi connectivity index (χ1n) is 9.83. The molecule has 1 aliphatic heterocycles. The molecule has 8 heteroatoms. The van der Waals surface area contributed by atoms with Crippen LogP contribution in [0.5, 0.6) is 0 Å². The maximum absolute atomic E-state index is 13.0. The molecule has 2 fully saturated rings. The topological polar surface area (TPSA) is 68.0 Å². The molecule has 162 valence electrons. The van der Waals surface area contributed by atoms with Gasteiger partial charge in [-0.3, -0.25) is 4.79 Å². The number of hydrogen-bond donors (Lipinski definition) is 1. The number of rotatable bonds is 9. The number of hydrogen-bond acceptors (Lipinski definition) is 5. The number of nitrogens with zero attached hydrogens (tertiary/aromatic N) is 2. The molecule has 3 unspecified atom stereocenters. The van der Waals surface area contributed by atoms with Crippen molar-refractivity contribution in [3.63, 3.8) is 0 Å². The van der Waals surface area contributed by atoms with Crippen LogP contribution in [-0.2, 0) is 14.3 Å². The molecule has 1 saturated carbocycles. The van der Waals surface area contributed by atoms with Gasteiger partial charge >= 0.3 is 0 Å². The van der Waals surface area contributed by atoms with E-state index in [2.05, 4.69) is 18.7 Å². The Hall–Kier alpha value is -0.110. The molecule has 27 heavy (non-hydrogen) atoms. The van der Waals surface area contributed by atoms with E-state index < -0.39 is 5.54 Å². The van der Waals surface area contributed by atoms with Crippen LogP contribution in [0.3, 0.4) is 0 Å². The Balaban J connectivity index is 0.00000338. The molecule has 0 radical (unpaired) electrons. The number of carbonyl (C=O) groups excluding carboxylic acids is 1. The largest absolute Gasteiger partial charge is 0.378 e. The lowest BCUT2D eigenvalue weighted by molar-refractivity contribution is -0.178. The monoisotopic (exact) mass is 427 g/mol. The van der Waals surface area contributed by atoms with Crippen LogP contribution in [0.2, 0.25) is 0 Å². The molecule has 1 heterocycles. The molecular formula is C19H39Cl2N3O3. The van der Waals surface area contributed by atoms with Crippen molar-refractivity contribution >= 4 is 30.7 Å². The zero-order valence-electron chi connectivity index (χ0n) is 17.5. The minimum atomic E-state index is -0.817. The lowest BCUT2D eigenvalue weighted by Gasteiger charge is -2.58. The molecule has 0 spiro atoms. The number of likely N-dealkylation sites (N-methyl/N-ethyl adjacent to an activating group) is 1. The van der Waals surface area contributed by atoms with E-state index in [0.717, 1.165) is 39.2 Å². The Bertz CT molecular complexity index is 463. The summed E-state index contributed by atoms with van der Waals surface area (Å²) in [4.78, 5) is 17.3. The van der Waals surface area contributed by atoms with E-state index in [0.29, 0.717) is 19.6 Å². The quantitative estimate of drug-likeness (QED) is 0.611. The third kappa shape index (κ3) is 5.49. The van der Waals surface area contributed by atoms with Gasteiger partial charge in [0.1, 0.15) is 5.54 Å². The summed E-state index contributed by atoms with van der Waals surface area (Å²) in [7, 11) is 0. The zero-order chi connectivity index (χ0) is 18.7. The fourth-order valence-corrected chi connectivity index (χ4v) is 4.02. The third-order valence-corrected chi connectivity index (χ3v) is 6.30. The second-order valence-corrected chi connectivity index (χ2v) is 7.90. The first kappa shape index (κ1) is 26.9. The number of ether oxygens (including phenoxy) is 2. The molecule has 0 bridgehead atoms. The van der Waals surface area contributed by atoms with Gasteiger partial charge in [0.2, 0.25) is 5.91 Å². The molecule has 2 N–H and O–H groups in total. The van der Waals surface area contributed by atoms with Crippen LogP contribution in [0.25, 0.3) is 0 Å². The highest BCUT2D eigenvalue weighted by Gasteiger charge is 2.64. The molecule has 1 saturated heterocycles. The number of carbonyl (C=O) groups is 1. The number of likely N-dealkylation sites (tertiary alicyclic amines) is 1. The molecule has 2 aliphatic rings. The van der Waals surface area contributed by atoms with E-state index in [4.69, 9.17) is 15.2 Å². The van der Waals surface area contributed by atoms with Crippen molar-refractivity contribution in [3.05, 3.63) is 0 Å². The lowest BCUT2D eigenvalue weighted by atomic mass is 9.54. The van der Waals surface area contributed by atoms with Gasteiger partial charge in [-0.25, -0.2) is 0 Å². The summed E-state index contributed by atoms with van der Waals surface area (Å²) in [5.74, 6) is 0.0586. The minimum absolute atomic E-state index is 0. The Kier molecular flexibility index (Phi) is 11.1. The highest BCUT2D eigenvalue weighted by atomic mass is 35.5. The standard InChI is InChI=1S/C19H37N3O3.2ClH/c1-6-21(7-2)11-12-25-15-9-10-22(14-15)17(23)19(20)13-16(24-8-3)18(19,4)5;;/h15-16H,6-14,20H2,1-5H3;2*1H. The van der Waals surface area contributed by atoms with Crippen LogP contribution in [0, 0.1) is 5.41 Å². The van der Waals surface area contributed by atoms with Crippen LogP contribution in [0.4, 0.5) is 0 Å². The summed E-state index contributed by atoms with van der Waals surface area (Å²) in [6, 6.07) is 0. The summed E-state index contributed by atoms with van der Waals surface area (Å²) in [5.41, 5.74) is 5.38. The number of nitrogens with two attached hydrogens (primary N) is 1. The Morgan fingerprint density at radius 3 is 2.33 bits per heavy atom. The molecule has 0 aromatic carbocycles. The Labute approximate surface area is 177 Å². The fourth-order valence-electron chi connectivity index (χ4n) is 4.02. The van der Waals surface area contributed by atoms with Crippen LogP contribution in [-0.4, -0.2) is 79.4 Å².